The van der Waals surface area contributed by atoms with Crippen LogP contribution >= 0.6 is 0 Å². The molecule has 1 aromatic rings. The molecule has 3 rings (SSSR count). The molecule has 0 N–H and O–H groups in total. The third-order valence-electron chi connectivity index (χ3n) is 2.92. The highest BCUT2D eigenvalue weighted by atomic mass is 16.4. The van der Waals surface area contributed by atoms with Gasteiger partial charge in [0.05, 0.1) is 0 Å². The van der Waals surface area contributed by atoms with E-state index in [0.717, 1.165) is 10.8 Å². The molecule has 0 fully saturated rings. The van der Waals surface area contributed by atoms with Gasteiger partial charge in [-0.1, -0.05) is 41.8 Å². The molecule has 17 heavy (non-hydrogen) atoms. The predicted octanol–water partition coefficient (Wildman–Crippen LogP) is -0.295. The highest BCUT2D eigenvalue weighted by Gasteiger charge is 2.22. The van der Waals surface area contributed by atoms with E-state index in [0.29, 0.717) is 16.6 Å². The maximum Gasteiger partial charge on any atom is 0.358 e. The van der Waals surface area contributed by atoms with E-state index in [1.165, 1.54) is 0 Å². The van der Waals surface area contributed by atoms with Gasteiger partial charge in [0.1, 0.15) is 5.57 Å². The molecule has 0 bridgehead atoms. The number of carbonyl (C=O) groups excluding carboxylic acids is 1. The molecule has 2 aliphatic carbocycles. The first kappa shape index (κ1) is 9.88. The van der Waals surface area contributed by atoms with Crippen LogP contribution in [-0.2, 0) is 4.42 Å². The van der Waals surface area contributed by atoms with E-state index in [1.807, 2.05) is 42.5 Å². The van der Waals surface area contributed by atoms with E-state index in [9.17, 15) is 5.11 Å². The Kier molecular flexibility index (Phi) is 2.10. The SMILES string of the molecule is C[O+]=C1C=CC=C2C1=C=c1ccccc1=C2[O-]. The van der Waals surface area contributed by atoms with Crippen LogP contribution in [0.1, 0.15) is 0 Å². The molecule has 0 saturated carbocycles. The van der Waals surface area contributed by atoms with Gasteiger partial charge in [-0.2, -0.15) is 0 Å². The lowest BCUT2D eigenvalue weighted by molar-refractivity contribution is -0.418. The van der Waals surface area contributed by atoms with E-state index >= 15 is 0 Å². The monoisotopic (exact) mass is 222 g/mol. The Morgan fingerprint density at radius 3 is 2.88 bits per heavy atom. The van der Waals surface area contributed by atoms with Crippen LogP contribution in [0.2, 0.25) is 0 Å². The third kappa shape index (κ3) is 1.39. The second kappa shape index (κ2) is 3.62. The van der Waals surface area contributed by atoms with Crippen LogP contribution in [0.25, 0.3) is 11.5 Å². The summed E-state index contributed by atoms with van der Waals surface area (Å²) in [6, 6.07) is 7.48. The van der Waals surface area contributed by atoms with Crippen LogP contribution < -0.4 is 15.5 Å². The minimum absolute atomic E-state index is 0.0354. The van der Waals surface area contributed by atoms with Crippen molar-refractivity contribution in [3.8, 4) is 0 Å². The Bertz CT molecular complexity index is 739. The quantitative estimate of drug-likeness (QED) is 0.555. The summed E-state index contributed by atoms with van der Waals surface area (Å²) < 4.78 is 5.26. The van der Waals surface area contributed by atoms with Gasteiger partial charge in [-0.15, -0.1) is 0 Å². The minimum atomic E-state index is 0.0354. The summed E-state index contributed by atoms with van der Waals surface area (Å²) in [5.41, 5.74) is 4.65. The average molecular weight is 222 g/mol. The average Bonchev–Trinajstić information content (AvgIpc) is 2.38. The lowest BCUT2D eigenvalue weighted by Crippen LogP contribution is -2.35. The van der Waals surface area contributed by atoms with Crippen molar-refractivity contribution in [3.63, 3.8) is 0 Å². The van der Waals surface area contributed by atoms with Crippen molar-refractivity contribution in [2.45, 2.75) is 0 Å². The molecule has 0 heterocycles. The molecule has 2 aliphatic rings. The number of fused-ring (bicyclic) bond motifs is 2. The van der Waals surface area contributed by atoms with E-state index in [2.05, 4.69) is 5.73 Å². The number of rotatable bonds is 0. The first-order valence-corrected chi connectivity index (χ1v) is 5.39. The molecular weight excluding hydrogens is 212 g/mol. The van der Waals surface area contributed by atoms with Gasteiger partial charge in [0.15, 0.2) is 0 Å². The first-order chi connectivity index (χ1) is 8.31. The Morgan fingerprint density at radius 1 is 1.24 bits per heavy atom. The largest absolute Gasteiger partial charge is 0.872 e. The van der Waals surface area contributed by atoms with Crippen molar-refractivity contribution in [1.82, 2.24) is 0 Å². The predicted molar refractivity (Wildman–Crippen MR) is 64.2 cm³/mol. The van der Waals surface area contributed by atoms with E-state index < -0.39 is 0 Å². The molecule has 0 radical (unpaired) electrons. The van der Waals surface area contributed by atoms with Crippen LogP contribution in [0.3, 0.4) is 0 Å². The molecule has 0 unspecified atom stereocenters. The van der Waals surface area contributed by atoms with Gasteiger partial charge in [-0.25, -0.2) is 0 Å². The van der Waals surface area contributed by atoms with E-state index in [4.69, 9.17) is 4.42 Å². The molecule has 82 valence electrons. The van der Waals surface area contributed by atoms with Gasteiger partial charge in [0, 0.05) is 11.3 Å². The van der Waals surface area contributed by atoms with Crippen molar-refractivity contribution >= 4 is 17.3 Å². The van der Waals surface area contributed by atoms with Crippen molar-refractivity contribution in [2.24, 2.45) is 0 Å². The first-order valence-electron chi connectivity index (χ1n) is 5.39. The third-order valence-corrected chi connectivity index (χ3v) is 2.92. The molecular formula is C15H10O2. The number of allylic oxidation sites excluding steroid dienone is 3. The summed E-state index contributed by atoms with van der Waals surface area (Å²) in [6.07, 6.45) is 5.47. The zero-order valence-corrected chi connectivity index (χ0v) is 9.36. The maximum atomic E-state index is 12.3. The van der Waals surface area contributed by atoms with E-state index in [-0.39, 0.29) is 5.76 Å². The summed E-state index contributed by atoms with van der Waals surface area (Å²) in [5, 5.41) is 13.8. The van der Waals surface area contributed by atoms with Gasteiger partial charge < -0.3 is 5.11 Å². The van der Waals surface area contributed by atoms with Gasteiger partial charge in [0.25, 0.3) is 7.11 Å². The second-order valence-corrected chi connectivity index (χ2v) is 3.88. The van der Waals surface area contributed by atoms with Crippen LogP contribution in [0.15, 0.2) is 53.6 Å². The fraction of sp³-hybridized carbons (Fsp3) is 0.0667. The molecule has 2 nitrogen and oxygen atoms in total. The lowest BCUT2D eigenvalue weighted by Gasteiger charge is -2.19. The Morgan fingerprint density at radius 2 is 2.06 bits per heavy atom. The Balaban J connectivity index is 2.51. The highest BCUT2D eigenvalue weighted by molar-refractivity contribution is 6.13. The smallest absolute Gasteiger partial charge is 0.358 e. The van der Waals surface area contributed by atoms with Crippen molar-refractivity contribution in [3.05, 3.63) is 64.1 Å². The molecule has 0 saturated heterocycles. The van der Waals surface area contributed by atoms with Gasteiger partial charge in [-0.3, -0.25) is 4.42 Å². The number of ketones is 1. The van der Waals surface area contributed by atoms with Crippen LogP contribution in [0.4, 0.5) is 0 Å². The highest BCUT2D eigenvalue weighted by Crippen LogP contribution is 2.21. The van der Waals surface area contributed by atoms with Gasteiger partial charge in [-0.05, 0) is 16.9 Å². The van der Waals surface area contributed by atoms with Gasteiger partial charge in [0.2, 0.25) is 0 Å². The Hall–Kier alpha value is -2.31. The molecule has 0 aliphatic heterocycles. The fourth-order valence-electron chi connectivity index (χ4n) is 2.09. The zero-order valence-electron chi connectivity index (χ0n) is 9.36. The molecule has 2 heteroatoms. The molecule has 0 spiro atoms. The summed E-state index contributed by atoms with van der Waals surface area (Å²) in [4.78, 5) is 0. The summed E-state index contributed by atoms with van der Waals surface area (Å²) in [6.45, 7) is 0. The topological polar surface area (TPSA) is 34.4 Å². The van der Waals surface area contributed by atoms with Crippen LogP contribution in [0.5, 0.6) is 0 Å². The van der Waals surface area contributed by atoms with Crippen molar-refractivity contribution in [1.29, 1.82) is 0 Å². The molecule has 0 amide bonds. The number of benzene rings is 1. The summed E-state index contributed by atoms with van der Waals surface area (Å²) >= 11 is 0. The normalized spacial score (nSPS) is 19.1. The maximum absolute atomic E-state index is 12.3. The van der Waals surface area contributed by atoms with Gasteiger partial charge >= 0.3 is 5.78 Å². The summed E-state index contributed by atoms with van der Waals surface area (Å²) in [5.74, 6) is 0.721. The Labute approximate surface area is 98.5 Å². The molecule has 1 aromatic carbocycles. The van der Waals surface area contributed by atoms with Crippen molar-refractivity contribution in [2.75, 3.05) is 7.11 Å². The fourth-order valence-corrected chi connectivity index (χ4v) is 2.09. The zero-order chi connectivity index (χ0) is 11.8. The second-order valence-electron chi connectivity index (χ2n) is 3.88. The summed E-state index contributed by atoms with van der Waals surface area (Å²) in [7, 11) is 1.60. The minimum Gasteiger partial charge on any atom is -0.872 e. The molecule has 0 atom stereocenters. The number of hydrogen-bond acceptors (Lipinski definition) is 1. The lowest BCUT2D eigenvalue weighted by atomic mass is 9.92. The van der Waals surface area contributed by atoms with Crippen LogP contribution in [-0.4, -0.2) is 12.9 Å². The van der Waals surface area contributed by atoms with Crippen molar-refractivity contribution < 1.29 is 9.53 Å². The van der Waals surface area contributed by atoms with E-state index in [1.54, 1.807) is 7.11 Å². The number of hydrogen-bond donors (Lipinski definition) is 0. The van der Waals surface area contributed by atoms with Crippen LogP contribution in [0, 0.1) is 0 Å². The molecule has 0 aromatic heterocycles. The standard InChI is InChI=1S/C15H10O2/c1-17-14-8-4-7-12-13(14)9-10-5-2-3-6-11(10)15(12)16/h2-8H,1H3.